The van der Waals surface area contributed by atoms with Gasteiger partial charge in [-0.05, 0) is 26.8 Å². The Hall–Kier alpha value is -2.08. The van der Waals surface area contributed by atoms with E-state index in [-0.39, 0.29) is 17.9 Å². The van der Waals surface area contributed by atoms with E-state index in [0.717, 1.165) is 4.88 Å². The molecule has 1 amide bonds. The summed E-state index contributed by atoms with van der Waals surface area (Å²) in [4.78, 5) is 28.0. The quantitative estimate of drug-likeness (QED) is 0.575. The molecule has 1 N–H and O–H groups in total. The van der Waals surface area contributed by atoms with Crippen molar-refractivity contribution in [1.82, 2.24) is 4.90 Å². The second kappa shape index (κ2) is 9.92. The second-order valence-electron chi connectivity index (χ2n) is 7.43. The van der Waals surface area contributed by atoms with Gasteiger partial charge in [-0.1, -0.05) is 11.8 Å². The Morgan fingerprint density at radius 1 is 1.32 bits per heavy atom. The monoisotopic (exact) mass is 408 g/mol. The number of thiophene rings is 1. The third-order valence-electron chi connectivity index (χ3n) is 3.95. The number of nitrogens with zero attached hydrogens (tertiary/aromatic N) is 1. The average Bonchev–Trinajstić information content (AvgIpc) is 3.08. The van der Waals surface area contributed by atoms with Crippen molar-refractivity contribution in [2.75, 3.05) is 52.4 Å². The summed E-state index contributed by atoms with van der Waals surface area (Å²) in [6, 6.07) is 1.16. The smallest absolute Gasteiger partial charge is 0.350 e. The lowest BCUT2D eigenvalue weighted by Crippen LogP contribution is -2.49. The summed E-state index contributed by atoms with van der Waals surface area (Å²) in [7, 11) is 2.87. The third kappa shape index (κ3) is 6.23. The molecule has 0 bridgehead atoms. The first-order valence-electron chi connectivity index (χ1n) is 9.12. The van der Waals surface area contributed by atoms with Crippen molar-refractivity contribution in [2.24, 2.45) is 5.41 Å². The van der Waals surface area contributed by atoms with Crippen LogP contribution in [0.15, 0.2) is 6.07 Å². The molecule has 0 radical (unpaired) electrons. The fraction of sp³-hybridized carbons (Fsp3) is 0.600. The highest BCUT2D eigenvalue weighted by atomic mass is 32.1. The number of rotatable bonds is 6. The number of amides is 1. The Bertz CT molecular complexity index is 751. The molecule has 0 saturated carbocycles. The lowest BCUT2D eigenvalue weighted by molar-refractivity contribution is -0.137. The topological polar surface area (TPSA) is 77.1 Å². The molecule has 0 spiro atoms. The lowest BCUT2D eigenvalue weighted by atomic mass is 9.98. The fourth-order valence-electron chi connectivity index (χ4n) is 2.59. The van der Waals surface area contributed by atoms with Crippen LogP contribution in [-0.2, 0) is 19.0 Å². The van der Waals surface area contributed by atoms with E-state index in [0.29, 0.717) is 36.9 Å². The molecule has 8 heteroatoms. The van der Waals surface area contributed by atoms with Gasteiger partial charge in [-0.25, -0.2) is 4.79 Å². The molecule has 7 nitrogen and oxygen atoms in total. The highest BCUT2D eigenvalue weighted by Crippen LogP contribution is 2.29. The molecular formula is C20H28N2O5S. The molecule has 0 unspecified atom stereocenters. The minimum Gasteiger partial charge on any atom is -0.465 e. The van der Waals surface area contributed by atoms with Crippen LogP contribution in [0.3, 0.4) is 0 Å². The van der Waals surface area contributed by atoms with Gasteiger partial charge in [0.25, 0.3) is 0 Å². The molecule has 154 valence electrons. The lowest BCUT2D eigenvalue weighted by Gasteiger charge is -2.30. The zero-order valence-electron chi connectivity index (χ0n) is 17.1. The number of nitrogens with one attached hydrogen (secondary N) is 1. The summed E-state index contributed by atoms with van der Waals surface area (Å²) in [6.45, 7) is 8.34. The largest absolute Gasteiger partial charge is 0.465 e. The standard InChI is InChI=1S/C20H28N2O5S/c1-20(2,3)7-6-14-12-15(17(28-14)19(24)26-5)21-16(13-25-4)18(23)22-8-10-27-11-9-22/h12,16,21H,8-11,13H2,1-5H3/t16-/m0/s1. The molecule has 2 rings (SSSR count). The van der Waals surface area contributed by atoms with Gasteiger partial charge in [0, 0.05) is 25.6 Å². The molecule has 0 aliphatic carbocycles. The summed E-state index contributed by atoms with van der Waals surface area (Å²) in [5.41, 5.74) is 0.368. The average molecular weight is 409 g/mol. The summed E-state index contributed by atoms with van der Waals surface area (Å²) in [6.07, 6.45) is 0. The molecular weight excluding hydrogens is 380 g/mol. The van der Waals surface area contributed by atoms with Crippen LogP contribution in [0.1, 0.15) is 35.3 Å². The molecule has 1 aromatic heterocycles. The Morgan fingerprint density at radius 2 is 2.00 bits per heavy atom. The summed E-state index contributed by atoms with van der Waals surface area (Å²) in [5.74, 6) is 5.70. The Labute approximate surface area is 170 Å². The molecule has 1 atom stereocenters. The van der Waals surface area contributed by atoms with Crippen molar-refractivity contribution < 1.29 is 23.8 Å². The zero-order chi connectivity index (χ0) is 20.7. The van der Waals surface area contributed by atoms with Gasteiger partial charge < -0.3 is 24.4 Å². The summed E-state index contributed by atoms with van der Waals surface area (Å²) >= 11 is 1.24. The van der Waals surface area contributed by atoms with E-state index in [1.165, 1.54) is 25.6 Å². The summed E-state index contributed by atoms with van der Waals surface area (Å²) in [5, 5.41) is 3.16. The maximum absolute atomic E-state index is 12.9. The fourth-order valence-corrected chi connectivity index (χ4v) is 3.48. The van der Waals surface area contributed by atoms with E-state index in [2.05, 4.69) is 17.2 Å². The highest BCUT2D eigenvalue weighted by molar-refractivity contribution is 7.15. The van der Waals surface area contributed by atoms with E-state index in [4.69, 9.17) is 14.2 Å². The Kier molecular flexibility index (Phi) is 7.87. The number of carbonyl (C=O) groups excluding carboxylic acids is 2. The molecule has 1 aromatic rings. The van der Waals surface area contributed by atoms with Crippen LogP contribution in [0.4, 0.5) is 5.69 Å². The third-order valence-corrected chi connectivity index (χ3v) is 4.98. The van der Waals surface area contributed by atoms with E-state index < -0.39 is 12.0 Å². The number of morpholine rings is 1. The van der Waals surface area contributed by atoms with Crippen molar-refractivity contribution >= 4 is 28.9 Å². The minimum atomic E-state index is -0.621. The van der Waals surface area contributed by atoms with Gasteiger partial charge in [-0.3, -0.25) is 4.79 Å². The van der Waals surface area contributed by atoms with Crippen molar-refractivity contribution in [3.05, 3.63) is 15.8 Å². The van der Waals surface area contributed by atoms with Crippen molar-refractivity contribution in [3.8, 4) is 11.8 Å². The van der Waals surface area contributed by atoms with Gasteiger partial charge >= 0.3 is 5.97 Å². The molecule has 1 saturated heterocycles. The molecule has 2 heterocycles. The normalized spacial score (nSPS) is 15.4. The highest BCUT2D eigenvalue weighted by Gasteiger charge is 2.28. The van der Waals surface area contributed by atoms with E-state index in [1.807, 2.05) is 20.8 Å². The van der Waals surface area contributed by atoms with Gasteiger partial charge in [0.1, 0.15) is 10.9 Å². The molecule has 1 fully saturated rings. The maximum Gasteiger partial charge on any atom is 0.350 e. The van der Waals surface area contributed by atoms with Crippen molar-refractivity contribution in [3.63, 3.8) is 0 Å². The van der Waals surface area contributed by atoms with Crippen LogP contribution in [0.5, 0.6) is 0 Å². The van der Waals surface area contributed by atoms with Gasteiger partial charge in [-0.15, -0.1) is 11.3 Å². The first-order valence-corrected chi connectivity index (χ1v) is 9.94. The first-order chi connectivity index (χ1) is 13.2. The SMILES string of the molecule is COC[C@H](Nc1cc(C#CC(C)(C)C)sc1C(=O)OC)C(=O)N1CCOCC1. The van der Waals surface area contributed by atoms with Gasteiger partial charge in [0.05, 0.1) is 37.5 Å². The van der Waals surface area contributed by atoms with Gasteiger partial charge in [0.2, 0.25) is 5.91 Å². The van der Waals surface area contributed by atoms with E-state index >= 15 is 0 Å². The van der Waals surface area contributed by atoms with E-state index in [9.17, 15) is 9.59 Å². The Balaban J connectivity index is 2.28. The van der Waals surface area contributed by atoms with Crippen molar-refractivity contribution in [2.45, 2.75) is 26.8 Å². The number of esters is 1. The molecule has 28 heavy (non-hydrogen) atoms. The van der Waals surface area contributed by atoms with Crippen LogP contribution in [-0.4, -0.2) is 69.9 Å². The van der Waals surface area contributed by atoms with Crippen LogP contribution in [0, 0.1) is 17.3 Å². The van der Waals surface area contributed by atoms with Crippen LogP contribution >= 0.6 is 11.3 Å². The minimum absolute atomic E-state index is 0.0884. The molecule has 1 aliphatic heterocycles. The van der Waals surface area contributed by atoms with Crippen LogP contribution in [0.25, 0.3) is 0 Å². The predicted octanol–water partition coefficient (Wildman–Crippen LogP) is 2.22. The summed E-state index contributed by atoms with van der Waals surface area (Å²) < 4.78 is 15.4. The first kappa shape index (κ1) is 22.2. The van der Waals surface area contributed by atoms with Gasteiger partial charge in [-0.2, -0.15) is 0 Å². The number of hydrogen-bond acceptors (Lipinski definition) is 7. The van der Waals surface area contributed by atoms with Gasteiger partial charge in [0.15, 0.2) is 0 Å². The number of anilines is 1. The maximum atomic E-state index is 12.9. The van der Waals surface area contributed by atoms with E-state index in [1.54, 1.807) is 11.0 Å². The Morgan fingerprint density at radius 3 is 2.57 bits per heavy atom. The van der Waals surface area contributed by atoms with Crippen molar-refractivity contribution in [1.29, 1.82) is 0 Å². The second-order valence-corrected chi connectivity index (χ2v) is 8.49. The number of ether oxygens (including phenoxy) is 3. The number of carbonyl (C=O) groups is 2. The predicted molar refractivity (Wildman–Crippen MR) is 109 cm³/mol. The van der Waals surface area contributed by atoms with Crippen LogP contribution < -0.4 is 5.32 Å². The number of hydrogen-bond donors (Lipinski definition) is 1. The van der Waals surface area contributed by atoms with Crippen LogP contribution in [0.2, 0.25) is 0 Å². The zero-order valence-corrected chi connectivity index (χ0v) is 17.9. The molecule has 1 aliphatic rings. The molecule has 0 aromatic carbocycles. The number of methoxy groups -OCH3 is 2.